The van der Waals surface area contributed by atoms with Crippen LogP contribution < -0.4 is 4.74 Å². The van der Waals surface area contributed by atoms with Gasteiger partial charge in [0.05, 0.1) is 0 Å². The van der Waals surface area contributed by atoms with Gasteiger partial charge in [0.2, 0.25) is 0 Å². The van der Waals surface area contributed by atoms with Crippen LogP contribution in [0.5, 0.6) is 5.75 Å². The molecule has 0 unspecified atom stereocenters. The van der Waals surface area contributed by atoms with Crippen LogP contribution >= 0.6 is 0 Å². The molecule has 0 fully saturated rings. The smallest absolute Gasteiger partial charge is 0.124 e. The molecule has 2 aromatic rings. The van der Waals surface area contributed by atoms with Crippen molar-refractivity contribution in [3.05, 3.63) is 65.5 Å². The normalized spacial score (nSPS) is 9.58. The van der Waals surface area contributed by atoms with Gasteiger partial charge in [0, 0.05) is 5.56 Å². The van der Waals surface area contributed by atoms with Gasteiger partial charge in [-0.25, -0.2) is 4.39 Å². The molecule has 3 heteroatoms. The van der Waals surface area contributed by atoms with Crippen LogP contribution in [0.25, 0.3) is 0 Å². The molecule has 0 saturated carbocycles. The summed E-state index contributed by atoms with van der Waals surface area (Å²) in [6, 6.07) is 13.8. The van der Waals surface area contributed by atoms with Gasteiger partial charge in [-0.2, -0.15) is 0 Å². The van der Waals surface area contributed by atoms with Gasteiger partial charge in [-0.1, -0.05) is 30.0 Å². The monoisotopic (exact) mass is 256 g/mol. The van der Waals surface area contributed by atoms with Crippen molar-refractivity contribution in [1.29, 1.82) is 0 Å². The Morgan fingerprint density at radius 1 is 1.11 bits per heavy atom. The van der Waals surface area contributed by atoms with Crippen LogP contribution in [-0.2, 0) is 6.61 Å². The summed E-state index contributed by atoms with van der Waals surface area (Å²) in [7, 11) is 0. The fraction of sp³-hybridized carbons (Fsp3) is 0.125. The van der Waals surface area contributed by atoms with E-state index in [9.17, 15) is 4.39 Å². The van der Waals surface area contributed by atoms with Crippen molar-refractivity contribution >= 4 is 0 Å². The summed E-state index contributed by atoms with van der Waals surface area (Å²) < 4.78 is 18.9. The number of ether oxygens (including phenoxy) is 1. The predicted molar refractivity (Wildman–Crippen MR) is 71.1 cm³/mol. The average Bonchev–Trinajstić information content (AvgIpc) is 2.43. The number of benzene rings is 2. The van der Waals surface area contributed by atoms with Crippen LogP contribution in [0.1, 0.15) is 11.1 Å². The lowest BCUT2D eigenvalue weighted by molar-refractivity contribution is 0.305. The van der Waals surface area contributed by atoms with E-state index in [0.29, 0.717) is 11.1 Å². The average molecular weight is 256 g/mol. The lowest BCUT2D eigenvalue weighted by Gasteiger charge is -2.06. The van der Waals surface area contributed by atoms with Gasteiger partial charge in [-0.3, -0.25) is 0 Å². The molecule has 0 aliphatic rings. The van der Waals surface area contributed by atoms with E-state index < -0.39 is 0 Å². The van der Waals surface area contributed by atoms with Crippen molar-refractivity contribution < 1.29 is 14.2 Å². The Morgan fingerprint density at radius 2 is 1.89 bits per heavy atom. The van der Waals surface area contributed by atoms with Crippen LogP contribution in [0.15, 0.2) is 48.5 Å². The maximum Gasteiger partial charge on any atom is 0.124 e. The summed E-state index contributed by atoms with van der Waals surface area (Å²) in [4.78, 5) is 0. The number of hydrogen-bond donors (Lipinski definition) is 1. The number of rotatable bonds is 3. The minimum absolute atomic E-state index is 0.244. The molecule has 2 rings (SSSR count). The van der Waals surface area contributed by atoms with Gasteiger partial charge in [0.25, 0.3) is 0 Å². The van der Waals surface area contributed by atoms with E-state index in [0.717, 1.165) is 5.75 Å². The molecular formula is C16H13FO2. The minimum atomic E-state index is -0.364. The predicted octanol–water partition coefficient (Wildman–Crippen LogP) is 2.75. The Bertz CT molecular complexity index is 597. The van der Waals surface area contributed by atoms with Gasteiger partial charge in [-0.15, -0.1) is 0 Å². The zero-order chi connectivity index (χ0) is 13.5. The number of aliphatic hydroxyl groups is 1. The van der Waals surface area contributed by atoms with Crippen LogP contribution in [0.3, 0.4) is 0 Å². The largest absolute Gasteiger partial charge is 0.489 e. The Balaban J connectivity index is 2.10. The van der Waals surface area contributed by atoms with Gasteiger partial charge < -0.3 is 9.84 Å². The zero-order valence-electron chi connectivity index (χ0n) is 10.3. The number of hydrogen-bond acceptors (Lipinski definition) is 2. The summed E-state index contributed by atoms with van der Waals surface area (Å²) in [6.07, 6.45) is 0. The Morgan fingerprint density at radius 3 is 2.63 bits per heavy atom. The standard InChI is InChI=1S/C16H13FO2/c17-15-10-13(5-4-8-18)9-14(11-15)12-19-16-6-2-1-3-7-16/h1-3,6-7,9-11,18H,8,12H2. The quantitative estimate of drug-likeness (QED) is 0.856. The summed E-state index contributed by atoms with van der Waals surface area (Å²) in [5, 5.41) is 8.63. The highest BCUT2D eigenvalue weighted by atomic mass is 19.1. The molecule has 0 radical (unpaired) electrons. The molecule has 0 amide bonds. The van der Waals surface area contributed by atoms with Crippen molar-refractivity contribution in [2.24, 2.45) is 0 Å². The maximum atomic E-state index is 13.4. The second kappa shape index (κ2) is 6.58. The number of aliphatic hydroxyl groups excluding tert-OH is 1. The highest BCUT2D eigenvalue weighted by molar-refractivity contribution is 5.37. The molecule has 0 bridgehead atoms. The first-order valence-corrected chi connectivity index (χ1v) is 5.85. The van der Waals surface area contributed by atoms with Gasteiger partial charge in [-0.05, 0) is 35.9 Å². The Hall–Kier alpha value is -2.31. The topological polar surface area (TPSA) is 29.5 Å². The molecular weight excluding hydrogens is 243 g/mol. The van der Waals surface area contributed by atoms with Crippen LogP contribution in [0.4, 0.5) is 4.39 Å². The Labute approximate surface area is 111 Å². The van der Waals surface area contributed by atoms with E-state index >= 15 is 0 Å². The molecule has 0 spiro atoms. The van der Waals surface area contributed by atoms with E-state index in [2.05, 4.69) is 11.8 Å². The summed E-state index contributed by atoms with van der Waals surface area (Å²) in [6.45, 7) is 0.0297. The third-order valence-corrected chi connectivity index (χ3v) is 2.42. The van der Waals surface area contributed by atoms with E-state index in [1.54, 1.807) is 6.07 Å². The zero-order valence-corrected chi connectivity index (χ0v) is 10.3. The van der Waals surface area contributed by atoms with Crippen LogP contribution in [0, 0.1) is 17.7 Å². The first-order chi connectivity index (χ1) is 9.28. The summed E-state index contributed by atoms with van der Waals surface area (Å²) >= 11 is 0. The Kier molecular flexibility index (Phi) is 4.54. The highest BCUT2D eigenvalue weighted by Gasteiger charge is 2.00. The summed E-state index contributed by atoms with van der Waals surface area (Å²) in [5.74, 6) is 5.54. The molecule has 96 valence electrons. The van der Waals surface area contributed by atoms with Gasteiger partial charge >= 0.3 is 0 Å². The van der Waals surface area contributed by atoms with E-state index in [1.165, 1.54) is 12.1 Å². The molecule has 2 nitrogen and oxygen atoms in total. The maximum absolute atomic E-state index is 13.4. The van der Waals surface area contributed by atoms with E-state index in [4.69, 9.17) is 9.84 Å². The second-order valence-corrected chi connectivity index (χ2v) is 3.91. The van der Waals surface area contributed by atoms with Crippen LogP contribution in [0.2, 0.25) is 0 Å². The molecule has 2 aromatic carbocycles. The van der Waals surface area contributed by atoms with E-state index in [1.807, 2.05) is 30.3 Å². The third-order valence-electron chi connectivity index (χ3n) is 2.42. The lowest BCUT2D eigenvalue weighted by atomic mass is 10.1. The first kappa shape index (κ1) is 13.1. The molecule has 0 aliphatic heterocycles. The van der Waals surface area contributed by atoms with Gasteiger partial charge in [0.15, 0.2) is 0 Å². The van der Waals surface area contributed by atoms with Crippen molar-refractivity contribution in [2.75, 3.05) is 6.61 Å². The highest BCUT2D eigenvalue weighted by Crippen LogP contribution is 2.14. The molecule has 0 aromatic heterocycles. The number of para-hydroxylation sites is 1. The van der Waals surface area contributed by atoms with Crippen LogP contribution in [-0.4, -0.2) is 11.7 Å². The lowest BCUT2D eigenvalue weighted by Crippen LogP contribution is -1.97. The van der Waals surface area contributed by atoms with Gasteiger partial charge in [0.1, 0.15) is 24.8 Å². The minimum Gasteiger partial charge on any atom is -0.489 e. The fourth-order valence-electron chi connectivity index (χ4n) is 1.63. The molecule has 0 atom stereocenters. The second-order valence-electron chi connectivity index (χ2n) is 3.91. The molecule has 1 N–H and O–H groups in total. The molecule has 0 saturated heterocycles. The summed E-state index contributed by atoms with van der Waals surface area (Å²) in [5.41, 5.74) is 1.23. The molecule has 19 heavy (non-hydrogen) atoms. The number of halogens is 1. The third kappa shape index (κ3) is 4.13. The van der Waals surface area contributed by atoms with Crippen molar-refractivity contribution in [3.63, 3.8) is 0 Å². The molecule has 0 heterocycles. The van der Waals surface area contributed by atoms with E-state index in [-0.39, 0.29) is 19.0 Å². The van der Waals surface area contributed by atoms with Crippen molar-refractivity contribution in [3.8, 4) is 17.6 Å². The SMILES string of the molecule is OCC#Cc1cc(F)cc(COc2ccccc2)c1. The fourth-order valence-corrected chi connectivity index (χ4v) is 1.63. The van der Waals surface area contributed by atoms with Crippen molar-refractivity contribution in [2.45, 2.75) is 6.61 Å². The molecule has 0 aliphatic carbocycles. The van der Waals surface area contributed by atoms with Crippen molar-refractivity contribution in [1.82, 2.24) is 0 Å². The first-order valence-electron chi connectivity index (χ1n) is 5.85.